The minimum absolute atomic E-state index is 0.0363. The number of ketones is 1. The van der Waals surface area contributed by atoms with Crippen LogP contribution in [0.2, 0.25) is 0 Å². The van der Waals surface area contributed by atoms with E-state index in [1.807, 2.05) is 6.07 Å². The van der Waals surface area contributed by atoms with Gasteiger partial charge in [0.2, 0.25) is 0 Å². The number of Topliss-reactive ketones (excluding diaryl/α,β-unsaturated/α-hetero) is 1. The Morgan fingerprint density at radius 3 is 2.65 bits per heavy atom. The first-order chi connectivity index (χ1) is 12.4. The lowest BCUT2D eigenvalue weighted by Crippen LogP contribution is -2.66. The first-order valence-corrected chi connectivity index (χ1v) is 10.4. The van der Waals surface area contributed by atoms with Crippen molar-refractivity contribution in [2.45, 2.75) is 90.6 Å². The van der Waals surface area contributed by atoms with Gasteiger partial charge in [0, 0.05) is 24.4 Å². The molecule has 2 aliphatic rings. The van der Waals surface area contributed by atoms with E-state index in [2.05, 4.69) is 56.9 Å². The van der Waals surface area contributed by atoms with E-state index in [9.17, 15) is 4.79 Å². The summed E-state index contributed by atoms with van der Waals surface area (Å²) in [5.74, 6) is 1.45. The van der Waals surface area contributed by atoms with Gasteiger partial charge in [0.1, 0.15) is 0 Å². The topological polar surface area (TPSA) is 29.5 Å². The van der Waals surface area contributed by atoms with Gasteiger partial charge in [0.25, 0.3) is 0 Å². The Balaban J connectivity index is 1.88. The number of nitrogens with zero attached hydrogens (tertiary/aromatic N) is 1. The molecule has 144 valence electrons. The molecule has 4 atom stereocenters. The van der Waals surface area contributed by atoms with E-state index < -0.39 is 6.23 Å². The van der Waals surface area contributed by atoms with Crippen LogP contribution < -0.4 is 0 Å². The molecule has 3 heteroatoms. The van der Waals surface area contributed by atoms with Crippen molar-refractivity contribution in [3.8, 4) is 0 Å². The lowest BCUT2D eigenvalue weighted by molar-refractivity contribution is -0.231. The predicted octanol–water partition coefficient (Wildman–Crippen LogP) is 5.19. The van der Waals surface area contributed by atoms with E-state index in [1.54, 1.807) is 0 Å². The van der Waals surface area contributed by atoms with Crippen molar-refractivity contribution in [2.24, 2.45) is 11.8 Å². The number of hydrogen-bond acceptors (Lipinski definition) is 3. The molecule has 26 heavy (non-hydrogen) atoms. The molecule has 2 fully saturated rings. The molecule has 1 aliphatic heterocycles. The summed E-state index contributed by atoms with van der Waals surface area (Å²) >= 11 is 0. The van der Waals surface area contributed by atoms with Crippen molar-refractivity contribution in [1.29, 1.82) is 0 Å². The van der Waals surface area contributed by atoms with Gasteiger partial charge < -0.3 is 4.74 Å². The SMILES string of the molecule is CCCCC(=O)C1OC2CC(C)CCC2C(C)(C)N1Cc1ccccc1. The highest BCUT2D eigenvalue weighted by Crippen LogP contribution is 2.45. The third kappa shape index (κ3) is 4.04. The average Bonchev–Trinajstić information content (AvgIpc) is 2.62. The lowest BCUT2D eigenvalue weighted by atomic mass is 9.69. The van der Waals surface area contributed by atoms with Gasteiger partial charge >= 0.3 is 0 Å². The molecular formula is C23H35NO2. The fourth-order valence-electron chi connectivity index (χ4n) is 4.83. The van der Waals surface area contributed by atoms with E-state index in [1.165, 1.54) is 18.4 Å². The second-order valence-corrected chi connectivity index (χ2v) is 8.89. The van der Waals surface area contributed by atoms with Crippen LogP contribution in [0, 0.1) is 11.8 Å². The highest BCUT2D eigenvalue weighted by Gasteiger charge is 2.51. The third-order valence-corrected chi connectivity index (χ3v) is 6.54. The summed E-state index contributed by atoms with van der Waals surface area (Å²) in [7, 11) is 0. The molecule has 3 nitrogen and oxygen atoms in total. The fraction of sp³-hybridized carbons (Fsp3) is 0.696. The van der Waals surface area contributed by atoms with Crippen molar-refractivity contribution in [1.82, 2.24) is 4.90 Å². The number of carbonyl (C=O) groups excluding carboxylic acids is 1. The maximum absolute atomic E-state index is 13.0. The first kappa shape index (κ1) is 19.6. The number of rotatable bonds is 6. The summed E-state index contributed by atoms with van der Waals surface area (Å²) in [5.41, 5.74) is 1.21. The van der Waals surface area contributed by atoms with Crippen LogP contribution in [-0.2, 0) is 16.1 Å². The van der Waals surface area contributed by atoms with E-state index in [0.717, 1.165) is 25.8 Å². The van der Waals surface area contributed by atoms with E-state index in [4.69, 9.17) is 4.74 Å². The average molecular weight is 358 g/mol. The van der Waals surface area contributed by atoms with Gasteiger partial charge in [-0.1, -0.05) is 57.0 Å². The van der Waals surface area contributed by atoms with Crippen molar-refractivity contribution in [2.75, 3.05) is 0 Å². The summed E-state index contributed by atoms with van der Waals surface area (Å²) in [5, 5.41) is 0. The zero-order chi connectivity index (χ0) is 18.7. The Morgan fingerprint density at radius 1 is 1.23 bits per heavy atom. The maximum atomic E-state index is 13.0. The molecule has 0 N–H and O–H groups in total. The summed E-state index contributed by atoms with van der Waals surface area (Å²) in [6, 6.07) is 10.5. The minimum atomic E-state index is -0.400. The Kier molecular flexibility index (Phi) is 6.19. The van der Waals surface area contributed by atoms with Gasteiger partial charge in [-0.3, -0.25) is 9.69 Å². The van der Waals surface area contributed by atoms with Crippen molar-refractivity contribution >= 4 is 5.78 Å². The number of carbonyl (C=O) groups is 1. The highest BCUT2D eigenvalue weighted by molar-refractivity contribution is 5.83. The second-order valence-electron chi connectivity index (χ2n) is 8.89. The smallest absolute Gasteiger partial charge is 0.176 e. The zero-order valence-corrected chi connectivity index (χ0v) is 16.9. The summed E-state index contributed by atoms with van der Waals surface area (Å²) in [6.45, 7) is 9.88. The van der Waals surface area contributed by atoms with Gasteiger partial charge in [-0.25, -0.2) is 0 Å². The molecular weight excluding hydrogens is 322 g/mol. The van der Waals surface area contributed by atoms with Crippen LogP contribution in [0.4, 0.5) is 0 Å². The van der Waals surface area contributed by atoms with Crippen molar-refractivity contribution in [3.63, 3.8) is 0 Å². The van der Waals surface area contributed by atoms with Gasteiger partial charge in [-0.05, 0) is 44.6 Å². The van der Waals surface area contributed by atoms with Gasteiger partial charge in [0.05, 0.1) is 6.10 Å². The molecule has 1 saturated carbocycles. The summed E-state index contributed by atoms with van der Waals surface area (Å²) < 4.78 is 6.52. The van der Waals surface area contributed by atoms with Crippen LogP contribution in [0.3, 0.4) is 0 Å². The Bertz CT molecular complexity index is 597. The first-order valence-electron chi connectivity index (χ1n) is 10.4. The molecule has 0 radical (unpaired) electrons. The Hall–Kier alpha value is -1.19. The molecule has 3 rings (SSSR count). The lowest BCUT2D eigenvalue weighted by Gasteiger charge is -2.57. The fourth-order valence-corrected chi connectivity index (χ4v) is 4.83. The molecule has 1 aliphatic carbocycles. The molecule has 1 saturated heterocycles. The minimum Gasteiger partial charge on any atom is -0.352 e. The van der Waals surface area contributed by atoms with Gasteiger partial charge in [-0.2, -0.15) is 0 Å². The van der Waals surface area contributed by atoms with Gasteiger partial charge in [-0.15, -0.1) is 0 Å². The number of ether oxygens (including phenoxy) is 1. The molecule has 1 aromatic rings. The van der Waals surface area contributed by atoms with Crippen molar-refractivity contribution < 1.29 is 9.53 Å². The quantitative estimate of drug-likeness (QED) is 0.702. The Morgan fingerprint density at radius 2 is 1.96 bits per heavy atom. The Labute approximate surface area is 159 Å². The summed E-state index contributed by atoms with van der Waals surface area (Å²) in [4.78, 5) is 15.4. The van der Waals surface area contributed by atoms with E-state index >= 15 is 0 Å². The van der Waals surface area contributed by atoms with Crippen LogP contribution in [0.5, 0.6) is 0 Å². The second kappa shape index (κ2) is 8.22. The van der Waals surface area contributed by atoms with Crippen LogP contribution in [0.15, 0.2) is 30.3 Å². The highest BCUT2D eigenvalue weighted by atomic mass is 16.5. The largest absolute Gasteiger partial charge is 0.352 e. The van der Waals surface area contributed by atoms with Crippen molar-refractivity contribution in [3.05, 3.63) is 35.9 Å². The number of hydrogen-bond donors (Lipinski definition) is 0. The number of fused-ring (bicyclic) bond motifs is 1. The zero-order valence-electron chi connectivity index (χ0n) is 16.9. The standard InChI is InChI=1S/C23H35NO2/c1-5-6-12-20(25)22-24(16-18-10-8-7-9-11-18)23(3,4)19-14-13-17(2)15-21(19)26-22/h7-11,17,19,21-22H,5-6,12-16H2,1-4H3. The van der Waals surface area contributed by atoms with Gasteiger partial charge in [0.15, 0.2) is 12.0 Å². The number of unbranched alkanes of at least 4 members (excludes halogenated alkanes) is 1. The molecule has 1 aromatic carbocycles. The molecule has 0 aromatic heterocycles. The van der Waals surface area contributed by atoms with E-state index in [0.29, 0.717) is 18.3 Å². The maximum Gasteiger partial charge on any atom is 0.176 e. The number of benzene rings is 1. The molecule has 1 heterocycles. The normalized spacial score (nSPS) is 31.4. The molecule has 0 bridgehead atoms. The summed E-state index contributed by atoms with van der Waals surface area (Å²) in [6.07, 6.45) is 5.98. The predicted molar refractivity (Wildman–Crippen MR) is 106 cm³/mol. The molecule has 4 unspecified atom stereocenters. The molecule has 0 spiro atoms. The van der Waals surface area contributed by atoms with Crippen LogP contribution in [-0.4, -0.2) is 28.6 Å². The van der Waals surface area contributed by atoms with Crippen LogP contribution >= 0.6 is 0 Å². The third-order valence-electron chi connectivity index (χ3n) is 6.54. The van der Waals surface area contributed by atoms with Crippen LogP contribution in [0.1, 0.15) is 71.8 Å². The van der Waals surface area contributed by atoms with E-state index in [-0.39, 0.29) is 17.4 Å². The molecule has 0 amide bonds. The van der Waals surface area contributed by atoms with Crippen LogP contribution in [0.25, 0.3) is 0 Å². The monoisotopic (exact) mass is 357 g/mol.